The molecule has 2 rings (SSSR count). The zero-order chi connectivity index (χ0) is 20.4. The molecule has 2 aromatic rings. The predicted octanol–water partition coefficient (Wildman–Crippen LogP) is 2.81. The summed E-state index contributed by atoms with van der Waals surface area (Å²) >= 11 is 0. The molecule has 2 N–H and O–H groups in total. The second-order valence-corrected chi connectivity index (χ2v) is 5.87. The van der Waals surface area contributed by atoms with Crippen LogP contribution in [0, 0.1) is 0 Å². The highest BCUT2D eigenvalue weighted by Gasteiger charge is 2.08. The fraction of sp³-hybridized carbons (Fsp3) is 0.286. The first kappa shape index (κ1) is 21.0. The summed E-state index contributed by atoms with van der Waals surface area (Å²) < 4.78 is 10.7. The summed E-state index contributed by atoms with van der Waals surface area (Å²) in [6.45, 7) is 3.87. The minimum absolute atomic E-state index is 0.0443. The summed E-state index contributed by atoms with van der Waals surface area (Å²) in [5, 5.41) is 5.17. The summed E-state index contributed by atoms with van der Waals surface area (Å²) in [7, 11) is 0. The highest BCUT2D eigenvalue weighted by molar-refractivity contribution is 5.96. The number of carbonyl (C=O) groups is 3. The lowest BCUT2D eigenvalue weighted by atomic mass is 10.1. The second-order valence-electron chi connectivity index (χ2n) is 5.87. The van der Waals surface area contributed by atoms with Crippen molar-refractivity contribution in [1.29, 1.82) is 0 Å². The van der Waals surface area contributed by atoms with E-state index in [1.165, 1.54) is 0 Å². The molecule has 0 heterocycles. The lowest BCUT2D eigenvalue weighted by Gasteiger charge is -2.09. The molecule has 0 unspecified atom stereocenters. The van der Waals surface area contributed by atoms with Crippen LogP contribution in [-0.2, 0) is 9.59 Å². The number of rotatable bonds is 10. The van der Waals surface area contributed by atoms with E-state index in [2.05, 4.69) is 10.6 Å². The van der Waals surface area contributed by atoms with Crippen LogP contribution < -0.4 is 20.1 Å². The molecule has 0 spiro atoms. The van der Waals surface area contributed by atoms with Crippen molar-refractivity contribution < 1.29 is 23.9 Å². The summed E-state index contributed by atoms with van der Waals surface area (Å²) in [5.41, 5.74) is 1.21. The van der Waals surface area contributed by atoms with Crippen LogP contribution in [0.15, 0.2) is 48.5 Å². The van der Waals surface area contributed by atoms with E-state index in [0.29, 0.717) is 30.0 Å². The van der Waals surface area contributed by atoms with Gasteiger partial charge in [-0.25, -0.2) is 0 Å². The van der Waals surface area contributed by atoms with E-state index in [9.17, 15) is 14.4 Å². The van der Waals surface area contributed by atoms with Gasteiger partial charge in [0.05, 0.1) is 13.2 Å². The number of Topliss-reactive ketones (excluding diaryl/α,β-unsaturated/α-hetero) is 1. The largest absolute Gasteiger partial charge is 0.494 e. The van der Waals surface area contributed by atoms with Crippen molar-refractivity contribution >= 4 is 23.3 Å². The second kappa shape index (κ2) is 10.7. The number of ether oxygens (including phenoxy) is 2. The average molecular weight is 384 g/mol. The van der Waals surface area contributed by atoms with Crippen molar-refractivity contribution in [3.8, 4) is 11.5 Å². The molecular formula is C21H24N2O5. The molecule has 0 saturated carbocycles. The first-order chi connectivity index (χ1) is 13.5. The van der Waals surface area contributed by atoms with Crippen LogP contribution in [0.2, 0.25) is 0 Å². The van der Waals surface area contributed by atoms with Crippen LogP contribution in [0.1, 0.15) is 30.6 Å². The zero-order valence-electron chi connectivity index (χ0n) is 16.0. The van der Waals surface area contributed by atoms with Gasteiger partial charge in [0.2, 0.25) is 5.91 Å². The number of carbonyl (C=O) groups excluding carboxylic acids is 3. The zero-order valence-corrected chi connectivity index (χ0v) is 16.0. The van der Waals surface area contributed by atoms with Gasteiger partial charge in [-0.2, -0.15) is 0 Å². The standard InChI is InChI=1S/C21H24N2O5/c1-3-19(24)15-5-9-18(10-6-15)28-14-21(26)22-13-20(25)23-16-7-11-17(12-8-16)27-4-2/h5-12H,3-4,13-14H2,1-2H3,(H,22,26)(H,23,25). The van der Waals surface area contributed by atoms with Gasteiger partial charge in [-0.3, -0.25) is 14.4 Å². The third-order valence-corrected chi connectivity index (χ3v) is 3.76. The number of anilines is 1. The first-order valence-corrected chi connectivity index (χ1v) is 9.07. The Balaban J connectivity index is 1.71. The molecule has 0 radical (unpaired) electrons. The quantitative estimate of drug-likeness (QED) is 0.615. The molecule has 0 saturated heterocycles. The molecule has 0 bridgehead atoms. The third-order valence-electron chi connectivity index (χ3n) is 3.76. The first-order valence-electron chi connectivity index (χ1n) is 9.07. The van der Waals surface area contributed by atoms with Crippen molar-refractivity contribution in [3.63, 3.8) is 0 Å². The molecule has 0 fully saturated rings. The highest BCUT2D eigenvalue weighted by Crippen LogP contribution is 2.15. The Hall–Kier alpha value is -3.35. The number of ketones is 1. The van der Waals surface area contributed by atoms with Gasteiger partial charge in [0.25, 0.3) is 5.91 Å². The Morgan fingerprint density at radius 3 is 2.04 bits per heavy atom. The van der Waals surface area contributed by atoms with Crippen molar-refractivity contribution in [3.05, 3.63) is 54.1 Å². The van der Waals surface area contributed by atoms with Gasteiger partial charge in [0.1, 0.15) is 11.5 Å². The highest BCUT2D eigenvalue weighted by atomic mass is 16.5. The molecule has 28 heavy (non-hydrogen) atoms. The minimum Gasteiger partial charge on any atom is -0.494 e. The molecule has 7 nitrogen and oxygen atoms in total. The van der Waals surface area contributed by atoms with Crippen molar-refractivity contribution in [2.45, 2.75) is 20.3 Å². The van der Waals surface area contributed by atoms with E-state index >= 15 is 0 Å². The van der Waals surface area contributed by atoms with Gasteiger partial charge < -0.3 is 20.1 Å². The van der Waals surface area contributed by atoms with E-state index in [1.807, 2.05) is 6.92 Å². The number of nitrogens with one attached hydrogen (secondary N) is 2. The van der Waals surface area contributed by atoms with Gasteiger partial charge in [-0.1, -0.05) is 6.92 Å². The van der Waals surface area contributed by atoms with Gasteiger partial charge >= 0.3 is 0 Å². The van der Waals surface area contributed by atoms with E-state index in [-0.39, 0.29) is 24.8 Å². The number of benzene rings is 2. The van der Waals surface area contributed by atoms with Crippen LogP contribution in [0.25, 0.3) is 0 Å². The SMILES string of the molecule is CCOc1ccc(NC(=O)CNC(=O)COc2ccc(C(=O)CC)cc2)cc1. The smallest absolute Gasteiger partial charge is 0.258 e. The van der Waals surface area contributed by atoms with E-state index < -0.39 is 5.91 Å². The lowest BCUT2D eigenvalue weighted by molar-refractivity contribution is -0.125. The predicted molar refractivity (Wildman–Crippen MR) is 106 cm³/mol. The van der Waals surface area contributed by atoms with Crippen LogP contribution >= 0.6 is 0 Å². The van der Waals surface area contributed by atoms with Crippen LogP contribution in [0.5, 0.6) is 11.5 Å². The van der Waals surface area contributed by atoms with Gasteiger partial charge in [-0.05, 0) is 55.5 Å². The molecule has 0 aliphatic heterocycles. The molecule has 148 valence electrons. The molecule has 0 aromatic heterocycles. The van der Waals surface area contributed by atoms with E-state index in [0.717, 1.165) is 5.75 Å². The molecule has 0 aliphatic carbocycles. The summed E-state index contributed by atoms with van der Waals surface area (Å²) in [5.74, 6) is 0.470. The van der Waals surface area contributed by atoms with Crippen molar-refractivity contribution in [2.75, 3.05) is 25.1 Å². The Bertz CT molecular complexity index is 801. The Kier molecular flexibility index (Phi) is 8.02. The fourth-order valence-corrected chi connectivity index (χ4v) is 2.33. The van der Waals surface area contributed by atoms with E-state index in [4.69, 9.17) is 9.47 Å². The van der Waals surface area contributed by atoms with Gasteiger partial charge in [0.15, 0.2) is 12.4 Å². The third kappa shape index (κ3) is 6.75. The number of amides is 2. The Labute approximate surface area is 164 Å². The van der Waals surface area contributed by atoms with Crippen LogP contribution in [0.4, 0.5) is 5.69 Å². The molecular weight excluding hydrogens is 360 g/mol. The lowest BCUT2D eigenvalue weighted by Crippen LogP contribution is -2.35. The fourth-order valence-electron chi connectivity index (χ4n) is 2.33. The molecule has 0 aliphatic rings. The summed E-state index contributed by atoms with van der Waals surface area (Å²) in [4.78, 5) is 35.3. The monoisotopic (exact) mass is 384 g/mol. The van der Waals surface area contributed by atoms with Crippen molar-refractivity contribution in [1.82, 2.24) is 5.32 Å². The van der Waals surface area contributed by atoms with Crippen LogP contribution in [0.3, 0.4) is 0 Å². The number of hydrogen-bond donors (Lipinski definition) is 2. The minimum atomic E-state index is -0.421. The van der Waals surface area contributed by atoms with E-state index in [1.54, 1.807) is 55.5 Å². The maximum Gasteiger partial charge on any atom is 0.258 e. The summed E-state index contributed by atoms with van der Waals surface area (Å²) in [6.07, 6.45) is 0.432. The van der Waals surface area contributed by atoms with Crippen molar-refractivity contribution in [2.24, 2.45) is 0 Å². The Morgan fingerprint density at radius 1 is 0.821 bits per heavy atom. The topological polar surface area (TPSA) is 93.7 Å². The Morgan fingerprint density at radius 2 is 1.43 bits per heavy atom. The normalized spacial score (nSPS) is 10.1. The molecule has 7 heteroatoms. The number of hydrogen-bond acceptors (Lipinski definition) is 5. The summed E-state index contributed by atoms with van der Waals surface area (Å²) in [6, 6.07) is 13.5. The van der Waals surface area contributed by atoms with Gasteiger partial charge in [-0.15, -0.1) is 0 Å². The van der Waals surface area contributed by atoms with Gasteiger partial charge in [0, 0.05) is 17.7 Å². The average Bonchev–Trinajstić information content (AvgIpc) is 2.72. The molecule has 2 amide bonds. The van der Waals surface area contributed by atoms with Crippen LogP contribution in [-0.4, -0.2) is 37.4 Å². The molecule has 0 atom stereocenters. The molecule has 2 aromatic carbocycles. The maximum absolute atomic E-state index is 11.9. The maximum atomic E-state index is 11.9.